The van der Waals surface area contributed by atoms with Crippen molar-refractivity contribution in [2.45, 2.75) is 0 Å². The fourth-order valence-corrected chi connectivity index (χ4v) is 7.44. The molecule has 6 nitrogen and oxygen atoms in total. The van der Waals surface area contributed by atoms with Gasteiger partial charge in [-0.15, -0.1) is 0 Å². The van der Waals surface area contributed by atoms with Crippen LogP contribution < -0.4 is 0 Å². The van der Waals surface area contributed by atoms with Gasteiger partial charge in [-0.2, -0.15) is 0 Å². The highest BCUT2D eigenvalue weighted by Crippen LogP contribution is 2.39. The largest absolute Gasteiger partial charge is 0.455 e. The second-order valence-electron chi connectivity index (χ2n) is 13.0. The van der Waals surface area contributed by atoms with Crippen LogP contribution in [0.2, 0.25) is 0 Å². The summed E-state index contributed by atoms with van der Waals surface area (Å²) in [5, 5.41) is 8.62. The molecule has 0 aliphatic carbocycles. The van der Waals surface area contributed by atoms with E-state index in [0.29, 0.717) is 23.2 Å². The van der Waals surface area contributed by atoms with Crippen molar-refractivity contribution in [3.8, 4) is 45.4 Å². The van der Waals surface area contributed by atoms with Gasteiger partial charge in [0, 0.05) is 38.2 Å². The Morgan fingerprint density at radius 1 is 0.365 bits per heavy atom. The Balaban J connectivity index is 1.08. The molecule has 11 aromatic rings. The van der Waals surface area contributed by atoms with E-state index < -0.39 is 0 Å². The Morgan fingerprint density at radius 3 is 1.79 bits per heavy atom. The number of para-hydroxylation sites is 3. The second-order valence-corrected chi connectivity index (χ2v) is 13.0. The molecule has 0 radical (unpaired) electrons. The third kappa shape index (κ3) is 4.44. The van der Waals surface area contributed by atoms with E-state index in [1.54, 1.807) is 0 Å². The van der Waals surface area contributed by atoms with Crippen molar-refractivity contribution in [1.82, 2.24) is 19.9 Å². The monoisotopic (exact) mass is 666 g/mol. The molecule has 11 rings (SSSR count). The van der Waals surface area contributed by atoms with Crippen LogP contribution in [0.4, 0.5) is 0 Å². The molecule has 0 unspecified atom stereocenters. The SMILES string of the molecule is c1ccc2cc(-c3nc(-c4ccc(-c5nc6oc7ccccc7c6c6ccccc56)cc4)nc(-c4cccc5c4oc4ccccc45)n3)ccc2c1. The van der Waals surface area contributed by atoms with Crippen molar-refractivity contribution >= 4 is 65.6 Å². The number of hydrogen-bond donors (Lipinski definition) is 0. The first-order valence-corrected chi connectivity index (χ1v) is 17.2. The van der Waals surface area contributed by atoms with Crippen molar-refractivity contribution in [3.63, 3.8) is 0 Å². The van der Waals surface area contributed by atoms with Gasteiger partial charge in [0.25, 0.3) is 0 Å². The van der Waals surface area contributed by atoms with Crippen molar-refractivity contribution in [2.75, 3.05) is 0 Å². The lowest BCUT2D eigenvalue weighted by atomic mass is 10.00. The quantitative estimate of drug-likeness (QED) is 0.186. The number of aromatic nitrogens is 4. The van der Waals surface area contributed by atoms with Crippen molar-refractivity contribution in [2.24, 2.45) is 0 Å². The van der Waals surface area contributed by atoms with Gasteiger partial charge in [0.15, 0.2) is 17.5 Å². The van der Waals surface area contributed by atoms with Crippen LogP contribution in [0.25, 0.3) is 111 Å². The summed E-state index contributed by atoms with van der Waals surface area (Å²) in [4.78, 5) is 20.3. The highest BCUT2D eigenvalue weighted by atomic mass is 16.3. The maximum absolute atomic E-state index is 6.42. The number of rotatable bonds is 4. The molecule has 7 aromatic carbocycles. The molecule has 4 heterocycles. The standard InChI is InChI=1S/C46H26N4O2/c1-2-11-30-26-31(25-20-27(30)10-1)44-48-43(49-45(50-44)37-17-9-16-35-32-12-5-7-18-38(32)51-42(35)37)29-23-21-28(22-24-29)41-34-14-4-3-13-33(34)40-36-15-6-8-19-39(36)52-46(40)47-41/h1-26H. The number of nitrogens with zero attached hydrogens (tertiary/aromatic N) is 4. The summed E-state index contributed by atoms with van der Waals surface area (Å²) < 4.78 is 12.7. The van der Waals surface area contributed by atoms with E-state index in [9.17, 15) is 0 Å². The van der Waals surface area contributed by atoms with Crippen LogP contribution in [0.3, 0.4) is 0 Å². The molecule has 6 heteroatoms. The third-order valence-electron chi connectivity index (χ3n) is 9.95. The maximum atomic E-state index is 6.42. The van der Waals surface area contributed by atoms with E-state index in [4.69, 9.17) is 28.8 Å². The summed E-state index contributed by atoms with van der Waals surface area (Å²) >= 11 is 0. The minimum absolute atomic E-state index is 0.546. The predicted molar refractivity (Wildman–Crippen MR) is 209 cm³/mol. The first-order chi connectivity index (χ1) is 25.7. The Hall–Kier alpha value is -7.18. The average molecular weight is 667 g/mol. The molecule has 0 saturated carbocycles. The lowest BCUT2D eigenvalue weighted by Gasteiger charge is -2.11. The van der Waals surface area contributed by atoms with Gasteiger partial charge in [0.2, 0.25) is 5.71 Å². The van der Waals surface area contributed by atoms with E-state index in [1.165, 1.54) is 0 Å². The minimum Gasteiger partial charge on any atom is -0.455 e. The molecule has 0 N–H and O–H groups in total. The van der Waals surface area contributed by atoms with Crippen LogP contribution in [0, 0.1) is 0 Å². The molecule has 4 aromatic heterocycles. The summed E-state index contributed by atoms with van der Waals surface area (Å²) in [7, 11) is 0. The molecule has 0 aliphatic rings. The number of hydrogen-bond acceptors (Lipinski definition) is 6. The Bertz CT molecular complexity index is 3200. The van der Waals surface area contributed by atoms with Crippen LogP contribution in [0.5, 0.6) is 0 Å². The Morgan fingerprint density at radius 2 is 0.962 bits per heavy atom. The van der Waals surface area contributed by atoms with Crippen LogP contribution in [-0.4, -0.2) is 19.9 Å². The number of pyridine rings is 1. The molecule has 0 fully saturated rings. The van der Waals surface area contributed by atoms with Crippen LogP contribution >= 0.6 is 0 Å². The number of fused-ring (bicyclic) bond motifs is 9. The number of furan rings is 2. The zero-order valence-electron chi connectivity index (χ0n) is 27.6. The van der Waals surface area contributed by atoms with Gasteiger partial charge in [-0.1, -0.05) is 133 Å². The van der Waals surface area contributed by atoms with Gasteiger partial charge in [-0.3, -0.25) is 0 Å². The van der Waals surface area contributed by atoms with Gasteiger partial charge in [0.05, 0.1) is 16.6 Å². The first-order valence-electron chi connectivity index (χ1n) is 17.2. The molecule has 0 atom stereocenters. The summed E-state index contributed by atoms with van der Waals surface area (Å²) in [6.07, 6.45) is 0. The van der Waals surface area contributed by atoms with E-state index in [2.05, 4.69) is 97.1 Å². The fourth-order valence-electron chi connectivity index (χ4n) is 7.44. The molecule has 0 saturated heterocycles. The zero-order valence-corrected chi connectivity index (χ0v) is 27.6. The van der Waals surface area contributed by atoms with Crippen molar-refractivity contribution in [1.29, 1.82) is 0 Å². The second kappa shape index (κ2) is 11.2. The average Bonchev–Trinajstić information content (AvgIpc) is 3.79. The minimum atomic E-state index is 0.546. The molecule has 0 bridgehead atoms. The molecule has 0 aliphatic heterocycles. The fraction of sp³-hybridized carbons (Fsp3) is 0. The predicted octanol–water partition coefficient (Wildman–Crippen LogP) is 12.0. The van der Waals surface area contributed by atoms with Gasteiger partial charge in [-0.05, 0) is 40.4 Å². The summed E-state index contributed by atoms with van der Waals surface area (Å²) in [5.41, 5.74) is 7.44. The van der Waals surface area contributed by atoms with Crippen molar-refractivity contribution < 1.29 is 8.83 Å². The smallest absolute Gasteiger partial charge is 0.228 e. The van der Waals surface area contributed by atoms with E-state index in [-0.39, 0.29) is 0 Å². The first kappa shape index (κ1) is 28.6. The lowest BCUT2D eigenvalue weighted by Crippen LogP contribution is -2.00. The van der Waals surface area contributed by atoms with Crippen molar-refractivity contribution in [3.05, 3.63) is 158 Å². The normalized spacial score (nSPS) is 11.8. The Kier molecular flexibility index (Phi) is 6.15. The molecule has 0 spiro atoms. The molecule has 52 heavy (non-hydrogen) atoms. The highest BCUT2D eigenvalue weighted by molar-refractivity contribution is 6.20. The summed E-state index contributed by atoms with van der Waals surface area (Å²) in [6, 6.07) is 53.6. The molecular weight excluding hydrogens is 641 g/mol. The van der Waals surface area contributed by atoms with Gasteiger partial charge < -0.3 is 8.83 Å². The zero-order chi connectivity index (χ0) is 34.2. The van der Waals surface area contributed by atoms with Gasteiger partial charge in [0.1, 0.15) is 16.7 Å². The lowest BCUT2D eigenvalue weighted by molar-refractivity contribution is 0.655. The van der Waals surface area contributed by atoms with Gasteiger partial charge in [-0.25, -0.2) is 19.9 Å². The molecule has 0 amide bonds. The third-order valence-corrected chi connectivity index (χ3v) is 9.95. The highest BCUT2D eigenvalue weighted by Gasteiger charge is 2.19. The summed E-state index contributed by atoms with van der Waals surface area (Å²) in [5.74, 6) is 1.70. The number of benzene rings is 7. The Labute approximate surface area is 296 Å². The van der Waals surface area contributed by atoms with E-state index in [1.807, 2.05) is 60.7 Å². The maximum Gasteiger partial charge on any atom is 0.228 e. The van der Waals surface area contributed by atoms with Crippen LogP contribution in [0.1, 0.15) is 0 Å². The summed E-state index contributed by atoms with van der Waals surface area (Å²) in [6.45, 7) is 0. The topological polar surface area (TPSA) is 77.8 Å². The molecule has 242 valence electrons. The van der Waals surface area contributed by atoms with Crippen LogP contribution in [0.15, 0.2) is 167 Å². The van der Waals surface area contributed by atoms with E-state index in [0.717, 1.165) is 87.8 Å². The molecular formula is C46H26N4O2. The van der Waals surface area contributed by atoms with Gasteiger partial charge >= 0.3 is 0 Å². The van der Waals surface area contributed by atoms with E-state index >= 15 is 0 Å². The van der Waals surface area contributed by atoms with Crippen LogP contribution in [-0.2, 0) is 0 Å².